The first-order chi connectivity index (χ1) is 9.04. The van der Waals surface area contributed by atoms with Gasteiger partial charge in [-0.3, -0.25) is 4.79 Å². The number of aliphatic carboxylic acids is 1. The molecule has 1 heterocycles. The molecule has 19 heavy (non-hydrogen) atoms. The number of amides is 1. The Morgan fingerprint density at radius 1 is 1.16 bits per heavy atom. The Labute approximate surface area is 114 Å². The molecule has 2 N–H and O–H groups in total. The highest BCUT2D eigenvalue weighted by atomic mass is 32.1. The van der Waals surface area contributed by atoms with Crippen LogP contribution in [0, 0.1) is 0 Å². The summed E-state index contributed by atoms with van der Waals surface area (Å²) in [5.41, 5.74) is -0.907. The maximum atomic E-state index is 12.0. The second kappa shape index (κ2) is 5.24. The molecule has 0 aliphatic carbocycles. The van der Waals surface area contributed by atoms with Crippen molar-refractivity contribution in [2.45, 2.75) is 12.5 Å². The molecule has 0 fully saturated rings. The molecule has 2 rings (SSSR count). The molecule has 5 heteroatoms. The van der Waals surface area contributed by atoms with Crippen LogP contribution in [0.3, 0.4) is 0 Å². The van der Waals surface area contributed by atoms with Gasteiger partial charge in [-0.2, -0.15) is 0 Å². The largest absolute Gasteiger partial charge is 0.479 e. The van der Waals surface area contributed by atoms with E-state index in [0.29, 0.717) is 10.4 Å². The summed E-state index contributed by atoms with van der Waals surface area (Å²) < 4.78 is 0. The van der Waals surface area contributed by atoms with E-state index < -0.39 is 11.5 Å². The minimum atomic E-state index is -1.44. The lowest BCUT2D eigenvalue weighted by atomic mass is 9.92. The molecule has 0 bridgehead atoms. The standard InChI is InChI=1S/C14H13NO3S/c1-14(13(17)18,10-6-3-2-4-7-10)15-12(16)11-8-5-9-19-11/h2-9H,1H3,(H,15,16)(H,17,18). The Kier molecular flexibility index (Phi) is 3.66. The summed E-state index contributed by atoms with van der Waals surface area (Å²) in [6, 6.07) is 12.1. The zero-order chi connectivity index (χ0) is 13.9. The Balaban J connectivity index is 2.31. The lowest BCUT2D eigenvalue weighted by molar-refractivity contribution is -0.144. The fourth-order valence-corrected chi connectivity index (χ4v) is 2.34. The maximum absolute atomic E-state index is 12.0. The lowest BCUT2D eigenvalue weighted by Crippen LogP contribution is -2.49. The van der Waals surface area contributed by atoms with Crippen molar-refractivity contribution in [3.8, 4) is 0 Å². The Morgan fingerprint density at radius 3 is 2.37 bits per heavy atom. The van der Waals surface area contributed by atoms with Gasteiger partial charge in [-0.25, -0.2) is 4.79 Å². The fraction of sp³-hybridized carbons (Fsp3) is 0.143. The number of carboxylic acids is 1. The topological polar surface area (TPSA) is 66.4 Å². The zero-order valence-electron chi connectivity index (χ0n) is 10.3. The molecule has 4 nitrogen and oxygen atoms in total. The van der Waals surface area contributed by atoms with Crippen molar-refractivity contribution >= 4 is 23.2 Å². The molecule has 0 saturated heterocycles. The highest BCUT2D eigenvalue weighted by Crippen LogP contribution is 2.22. The third-order valence-electron chi connectivity index (χ3n) is 2.89. The summed E-state index contributed by atoms with van der Waals surface area (Å²) in [7, 11) is 0. The Hall–Kier alpha value is -2.14. The van der Waals surface area contributed by atoms with Crippen LogP contribution in [-0.4, -0.2) is 17.0 Å². The van der Waals surface area contributed by atoms with Crippen molar-refractivity contribution in [3.05, 3.63) is 58.3 Å². The van der Waals surface area contributed by atoms with Gasteiger partial charge in [0.2, 0.25) is 0 Å². The maximum Gasteiger partial charge on any atom is 0.333 e. The van der Waals surface area contributed by atoms with Crippen LogP contribution >= 0.6 is 11.3 Å². The van der Waals surface area contributed by atoms with Gasteiger partial charge in [0, 0.05) is 0 Å². The molecule has 1 unspecified atom stereocenters. The van der Waals surface area contributed by atoms with E-state index in [0.717, 1.165) is 0 Å². The molecule has 98 valence electrons. The summed E-state index contributed by atoms with van der Waals surface area (Å²) in [5.74, 6) is -1.48. The first-order valence-corrected chi connectivity index (χ1v) is 6.57. The average molecular weight is 275 g/mol. The van der Waals surface area contributed by atoms with Crippen LogP contribution in [0.25, 0.3) is 0 Å². The van der Waals surface area contributed by atoms with E-state index in [2.05, 4.69) is 5.32 Å². The Morgan fingerprint density at radius 2 is 1.84 bits per heavy atom. The SMILES string of the molecule is CC(NC(=O)c1cccs1)(C(=O)O)c1ccccc1. The van der Waals surface area contributed by atoms with Crippen LogP contribution in [0.2, 0.25) is 0 Å². The molecule has 0 aliphatic rings. The van der Waals surface area contributed by atoms with Crippen molar-refractivity contribution < 1.29 is 14.7 Å². The van der Waals surface area contributed by atoms with E-state index in [1.165, 1.54) is 18.3 Å². The number of rotatable bonds is 4. The number of hydrogen-bond donors (Lipinski definition) is 2. The Bertz CT molecular complexity index is 580. The first kappa shape index (κ1) is 13.3. The highest BCUT2D eigenvalue weighted by Gasteiger charge is 2.37. The number of hydrogen-bond acceptors (Lipinski definition) is 3. The average Bonchev–Trinajstić information content (AvgIpc) is 2.93. The summed E-state index contributed by atoms with van der Waals surface area (Å²) in [6.45, 7) is 1.48. The third kappa shape index (κ3) is 2.66. The van der Waals surface area contributed by atoms with Gasteiger partial charge in [-0.1, -0.05) is 36.4 Å². The van der Waals surface area contributed by atoms with Crippen LogP contribution in [0.1, 0.15) is 22.2 Å². The minimum absolute atomic E-state index is 0.385. The molecular formula is C14H13NO3S. The second-order valence-corrected chi connectivity index (χ2v) is 5.18. The lowest BCUT2D eigenvalue weighted by Gasteiger charge is -2.26. The molecule has 0 aliphatic heterocycles. The molecule has 2 aromatic rings. The quantitative estimate of drug-likeness (QED) is 0.900. The number of benzene rings is 1. The van der Waals surface area contributed by atoms with Gasteiger partial charge in [0.15, 0.2) is 5.54 Å². The van der Waals surface area contributed by atoms with E-state index in [-0.39, 0.29) is 5.91 Å². The van der Waals surface area contributed by atoms with Gasteiger partial charge in [0.25, 0.3) is 5.91 Å². The molecule has 1 amide bonds. The van der Waals surface area contributed by atoms with Gasteiger partial charge < -0.3 is 10.4 Å². The zero-order valence-corrected chi connectivity index (χ0v) is 11.1. The van der Waals surface area contributed by atoms with Crippen LogP contribution in [-0.2, 0) is 10.3 Å². The monoisotopic (exact) mass is 275 g/mol. The van der Waals surface area contributed by atoms with Gasteiger partial charge in [0.05, 0.1) is 4.88 Å². The summed E-state index contributed by atoms with van der Waals surface area (Å²) >= 11 is 1.27. The predicted octanol–water partition coefficient (Wildman–Crippen LogP) is 2.48. The van der Waals surface area contributed by atoms with Gasteiger partial charge in [-0.05, 0) is 23.9 Å². The molecule has 0 saturated carbocycles. The van der Waals surface area contributed by atoms with Crippen molar-refractivity contribution in [1.82, 2.24) is 5.32 Å². The van der Waals surface area contributed by atoms with E-state index in [4.69, 9.17) is 0 Å². The van der Waals surface area contributed by atoms with Crippen molar-refractivity contribution in [2.24, 2.45) is 0 Å². The van der Waals surface area contributed by atoms with Crippen molar-refractivity contribution in [2.75, 3.05) is 0 Å². The van der Waals surface area contributed by atoms with Gasteiger partial charge >= 0.3 is 5.97 Å². The van der Waals surface area contributed by atoms with E-state index in [1.54, 1.807) is 47.8 Å². The molecular weight excluding hydrogens is 262 g/mol. The summed E-state index contributed by atoms with van der Waals surface area (Å²) in [6.07, 6.45) is 0. The minimum Gasteiger partial charge on any atom is -0.479 e. The number of thiophene rings is 1. The normalized spacial score (nSPS) is 13.5. The van der Waals surface area contributed by atoms with Crippen LogP contribution in [0.4, 0.5) is 0 Å². The highest BCUT2D eigenvalue weighted by molar-refractivity contribution is 7.12. The predicted molar refractivity (Wildman–Crippen MR) is 73.2 cm³/mol. The second-order valence-electron chi connectivity index (χ2n) is 4.23. The number of nitrogens with one attached hydrogen (secondary N) is 1. The van der Waals surface area contributed by atoms with Crippen molar-refractivity contribution in [1.29, 1.82) is 0 Å². The molecule has 1 aromatic heterocycles. The fourth-order valence-electron chi connectivity index (χ4n) is 1.72. The van der Waals surface area contributed by atoms with Gasteiger partial charge in [-0.15, -0.1) is 11.3 Å². The first-order valence-electron chi connectivity index (χ1n) is 5.69. The number of carboxylic acid groups (broad SMARTS) is 1. The summed E-state index contributed by atoms with van der Waals surface area (Å²) in [4.78, 5) is 24.0. The van der Waals surface area contributed by atoms with Gasteiger partial charge in [0.1, 0.15) is 0 Å². The molecule has 1 aromatic carbocycles. The summed E-state index contributed by atoms with van der Waals surface area (Å²) in [5, 5.41) is 13.8. The van der Waals surface area contributed by atoms with E-state index in [1.807, 2.05) is 0 Å². The molecule has 0 radical (unpaired) electrons. The number of carbonyl (C=O) groups is 2. The molecule has 0 spiro atoms. The van der Waals surface area contributed by atoms with Crippen LogP contribution in [0.5, 0.6) is 0 Å². The van der Waals surface area contributed by atoms with Crippen LogP contribution in [0.15, 0.2) is 47.8 Å². The number of carbonyl (C=O) groups excluding carboxylic acids is 1. The molecule has 1 atom stereocenters. The smallest absolute Gasteiger partial charge is 0.333 e. The van der Waals surface area contributed by atoms with Crippen LogP contribution < -0.4 is 5.32 Å². The third-order valence-corrected chi connectivity index (χ3v) is 3.76. The van der Waals surface area contributed by atoms with Crippen molar-refractivity contribution in [3.63, 3.8) is 0 Å². The van der Waals surface area contributed by atoms with E-state index >= 15 is 0 Å². The van der Waals surface area contributed by atoms with E-state index in [9.17, 15) is 14.7 Å².